The van der Waals surface area contributed by atoms with Crippen molar-refractivity contribution in [3.8, 4) is 6.07 Å². The van der Waals surface area contributed by atoms with E-state index >= 15 is 0 Å². The molecular weight excluding hydrogens is 268 g/mol. The van der Waals surface area contributed by atoms with E-state index in [1.54, 1.807) is 13.8 Å². The first kappa shape index (κ1) is 17.4. The predicted octanol–water partition coefficient (Wildman–Crippen LogP) is 0.627. The van der Waals surface area contributed by atoms with Gasteiger partial charge in [-0.05, 0) is 39.2 Å². The van der Waals surface area contributed by atoms with Crippen molar-refractivity contribution in [3.63, 3.8) is 0 Å². The summed E-state index contributed by atoms with van der Waals surface area (Å²) in [6.07, 6.45) is 1.63. The van der Waals surface area contributed by atoms with Crippen LogP contribution in [-0.4, -0.2) is 41.4 Å². The number of rotatable bonds is 5. The normalized spacial score (nSPS) is 23.9. The Morgan fingerprint density at radius 3 is 2.52 bits per heavy atom. The standard InChI is InChI=1S/C15H26N4O2/c1-10(2)15(4,9-16)18-14(21)11(3)19-7-5-6-12(8-19)13(17)20/h10-12H,5-8H2,1-4H3,(H2,17,20)(H,18,21)/t11-,12+,15+/m1/s1. The van der Waals surface area contributed by atoms with E-state index in [0.29, 0.717) is 6.54 Å². The van der Waals surface area contributed by atoms with Crippen LogP contribution in [0.15, 0.2) is 0 Å². The molecule has 118 valence electrons. The van der Waals surface area contributed by atoms with Crippen molar-refractivity contribution in [1.29, 1.82) is 5.26 Å². The second-order valence-corrected chi connectivity index (χ2v) is 6.37. The molecule has 0 radical (unpaired) electrons. The Morgan fingerprint density at radius 2 is 2.05 bits per heavy atom. The first-order chi connectivity index (χ1) is 9.71. The number of carbonyl (C=O) groups is 2. The second-order valence-electron chi connectivity index (χ2n) is 6.37. The van der Waals surface area contributed by atoms with E-state index in [2.05, 4.69) is 11.4 Å². The Hall–Kier alpha value is -1.61. The van der Waals surface area contributed by atoms with Gasteiger partial charge in [-0.25, -0.2) is 0 Å². The Kier molecular flexibility index (Phi) is 5.73. The van der Waals surface area contributed by atoms with Crippen molar-refractivity contribution in [1.82, 2.24) is 10.2 Å². The predicted molar refractivity (Wildman–Crippen MR) is 80.0 cm³/mol. The molecule has 3 atom stereocenters. The molecule has 0 aromatic heterocycles. The number of primary amides is 1. The molecule has 1 fully saturated rings. The highest BCUT2D eigenvalue weighted by molar-refractivity contribution is 5.83. The molecule has 1 aliphatic heterocycles. The molecule has 21 heavy (non-hydrogen) atoms. The molecular formula is C15H26N4O2. The van der Waals surface area contributed by atoms with Crippen molar-refractivity contribution in [3.05, 3.63) is 0 Å². The zero-order valence-electron chi connectivity index (χ0n) is 13.3. The summed E-state index contributed by atoms with van der Waals surface area (Å²) in [5.74, 6) is -0.672. The van der Waals surface area contributed by atoms with Crippen molar-refractivity contribution < 1.29 is 9.59 Å². The minimum Gasteiger partial charge on any atom is -0.369 e. The highest BCUT2D eigenvalue weighted by Crippen LogP contribution is 2.20. The van der Waals surface area contributed by atoms with Gasteiger partial charge in [0.2, 0.25) is 11.8 Å². The number of nitrogens with one attached hydrogen (secondary N) is 1. The first-order valence-corrected chi connectivity index (χ1v) is 7.48. The second kappa shape index (κ2) is 6.90. The van der Waals surface area contributed by atoms with Crippen LogP contribution < -0.4 is 11.1 Å². The topological polar surface area (TPSA) is 99.2 Å². The molecule has 0 unspecified atom stereocenters. The lowest BCUT2D eigenvalue weighted by Crippen LogP contribution is -2.56. The van der Waals surface area contributed by atoms with Gasteiger partial charge in [0.15, 0.2) is 0 Å². The summed E-state index contributed by atoms with van der Waals surface area (Å²) in [4.78, 5) is 25.7. The molecule has 1 heterocycles. The number of likely N-dealkylation sites (tertiary alicyclic amines) is 1. The maximum atomic E-state index is 12.4. The van der Waals surface area contributed by atoms with Crippen LogP contribution in [0, 0.1) is 23.2 Å². The molecule has 0 aromatic rings. The number of nitrogens with zero attached hydrogens (tertiary/aromatic N) is 2. The maximum absolute atomic E-state index is 12.4. The van der Waals surface area contributed by atoms with Crippen molar-refractivity contribution in [2.24, 2.45) is 17.6 Å². The zero-order chi connectivity index (χ0) is 16.2. The van der Waals surface area contributed by atoms with Gasteiger partial charge < -0.3 is 11.1 Å². The number of nitrogens with two attached hydrogens (primary N) is 1. The molecule has 6 heteroatoms. The Balaban J connectivity index is 2.70. The summed E-state index contributed by atoms with van der Waals surface area (Å²) in [5.41, 5.74) is 4.47. The lowest BCUT2D eigenvalue weighted by molar-refractivity contribution is -0.131. The smallest absolute Gasteiger partial charge is 0.238 e. The number of piperidine rings is 1. The minimum atomic E-state index is -0.885. The molecule has 2 amide bonds. The van der Waals surface area contributed by atoms with Gasteiger partial charge in [-0.1, -0.05) is 13.8 Å². The number of carbonyl (C=O) groups excluding carboxylic acids is 2. The number of hydrogen-bond donors (Lipinski definition) is 2. The Bertz CT molecular complexity index is 443. The lowest BCUT2D eigenvalue weighted by Gasteiger charge is -2.36. The summed E-state index contributed by atoms with van der Waals surface area (Å²) in [6, 6.07) is 1.79. The van der Waals surface area contributed by atoms with Gasteiger partial charge in [0, 0.05) is 6.54 Å². The highest BCUT2D eigenvalue weighted by Gasteiger charge is 2.35. The maximum Gasteiger partial charge on any atom is 0.238 e. The van der Waals surface area contributed by atoms with Crippen LogP contribution in [0.3, 0.4) is 0 Å². The van der Waals surface area contributed by atoms with Gasteiger partial charge in [-0.3, -0.25) is 14.5 Å². The Labute approximate surface area is 126 Å². The average Bonchev–Trinajstić information content (AvgIpc) is 2.46. The van der Waals surface area contributed by atoms with Crippen LogP contribution in [0.25, 0.3) is 0 Å². The summed E-state index contributed by atoms with van der Waals surface area (Å²) < 4.78 is 0. The first-order valence-electron chi connectivity index (χ1n) is 7.48. The van der Waals surface area contributed by atoms with E-state index in [0.717, 1.165) is 19.4 Å². The van der Waals surface area contributed by atoms with Gasteiger partial charge in [-0.2, -0.15) is 5.26 Å². The largest absolute Gasteiger partial charge is 0.369 e. The van der Waals surface area contributed by atoms with E-state index in [4.69, 9.17) is 5.73 Å². The third kappa shape index (κ3) is 4.18. The summed E-state index contributed by atoms with van der Waals surface area (Å²) >= 11 is 0. The van der Waals surface area contributed by atoms with Crippen LogP contribution in [-0.2, 0) is 9.59 Å². The van der Waals surface area contributed by atoms with Gasteiger partial charge in [0.25, 0.3) is 0 Å². The molecule has 3 N–H and O–H groups in total. The quantitative estimate of drug-likeness (QED) is 0.776. The summed E-state index contributed by atoms with van der Waals surface area (Å²) in [7, 11) is 0. The van der Waals surface area contributed by atoms with Gasteiger partial charge in [0.05, 0.1) is 18.0 Å². The number of hydrogen-bond acceptors (Lipinski definition) is 4. The van der Waals surface area contributed by atoms with Crippen LogP contribution >= 0.6 is 0 Å². The van der Waals surface area contributed by atoms with E-state index < -0.39 is 5.54 Å². The monoisotopic (exact) mass is 294 g/mol. The lowest BCUT2D eigenvalue weighted by atomic mass is 9.89. The van der Waals surface area contributed by atoms with Gasteiger partial charge >= 0.3 is 0 Å². The van der Waals surface area contributed by atoms with Crippen LogP contribution in [0.5, 0.6) is 0 Å². The van der Waals surface area contributed by atoms with Gasteiger partial charge in [0.1, 0.15) is 5.54 Å². The SMILES string of the molecule is CC(C)[C@](C)(C#N)NC(=O)[C@@H](C)N1CCC[C@H](C(N)=O)C1. The molecule has 0 saturated carbocycles. The summed E-state index contributed by atoms with van der Waals surface area (Å²) in [5, 5.41) is 12.1. The van der Waals surface area contributed by atoms with E-state index in [-0.39, 0.29) is 29.7 Å². The molecule has 1 saturated heterocycles. The number of amides is 2. The highest BCUT2D eigenvalue weighted by atomic mass is 16.2. The van der Waals surface area contributed by atoms with Crippen LogP contribution in [0.2, 0.25) is 0 Å². The minimum absolute atomic E-state index is 0.0124. The van der Waals surface area contributed by atoms with Crippen LogP contribution in [0.1, 0.15) is 40.5 Å². The van der Waals surface area contributed by atoms with Crippen molar-refractivity contribution in [2.45, 2.75) is 52.1 Å². The number of nitriles is 1. The fraction of sp³-hybridized carbons (Fsp3) is 0.800. The summed E-state index contributed by atoms with van der Waals surface area (Å²) in [6.45, 7) is 8.61. The van der Waals surface area contributed by atoms with Crippen molar-refractivity contribution in [2.75, 3.05) is 13.1 Å². The van der Waals surface area contributed by atoms with E-state index in [9.17, 15) is 14.9 Å². The van der Waals surface area contributed by atoms with E-state index in [1.807, 2.05) is 18.7 Å². The molecule has 0 aliphatic carbocycles. The molecule has 1 rings (SSSR count). The van der Waals surface area contributed by atoms with Crippen molar-refractivity contribution >= 4 is 11.8 Å². The Morgan fingerprint density at radius 1 is 1.43 bits per heavy atom. The third-order valence-corrected chi connectivity index (χ3v) is 4.55. The molecule has 0 spiro atoms. The molecule has 6 nitrogen and oxygen atoms in total. The average molecular weight is 294 g/mol. The van der Waals surface area contributed by atoms with Gasteiger partial charge in [-0.15, -0.1) is 0 Å². The molecule has 0 aromatic carbocycles. The zero-order valence-corrected chi connectivity index (χ0v) is 13.3. The van der Waals surface area contributed by atoms with E-state index in [1.165, 1.54) is 0 Å². The molecule has 1 aliphatic rings. The fourth-order valence-corrected chi connectivity index (χ4v) is 2.42. The molecule has 0 bridgehead atoms. The van der Waals surface area contributed by atoms with Crippen LogP contribution in [0.4, 0.5) is 0 Å². The third-order valence-electron chi connectivity index (χ3n) is 4.55. The fourth-order valence-electron chi connectivity index (χ4n) is 2.42.